The Morgan fingerprint density at radius 2 is 2.36 bits per heavy atom. The largest absolute Gasteiger partial charge is 0.467 e. The Morgan fingerprint density at radius 1 is 1.64 bits per heavy atom. The highest BCUT2D eigenvalue weighted by atomic mass is 16.5. The molecule has 72 valence electrons. The molecule has 0 aliphatic heterocycles. The second kappa shape index (κ2) is 4.45. The predicted molar refractivity (Wildman–Crippen MR) is 51.4 cm³/mol. The summed E-state index contributed by atoms with van der Waals surface area (Å²) < 4.78 is 4.40. The lowest BCUT2D eigenvalue weighted by molar-refractivity contribution is -0.150. The lowest BCUT2D eigenvalue weighted by Crippen LogP contribution is -2.13. The monoisotopic (exact) mass is 190 g/mol. The fraction of sp³-hybridized carbons (Fsp3) is 0.182. The minimum absolute atomic E-state index is 0.437. The molecule has 0 bridgehead atoms. The lowest BCUT2D eigenvalue weighted by atomic mass is 10.1. The van der Waals surface area contributed by atoms with Gasteiger partial charge in [-0.15, -0.1) is 6.42 Å². The number of benzene rings is 1. The molecule has 0 saturated carbocycles. The minimum atomic E-state index is -1.27. The van der Waals surface area contributed by atoms with E-state index in [-0.39, 0.29) is 0 Å². The van der Waals surface area contributed by atoms with Crippen LogP contribution in [0.25, 0.3) is 0 Å². The summed E-state index contributed by atoms with van der Waals surface area (Å²) in [5.41, 5.74) is 1.05. The number of hydrogen-bond donors (Lipinski definition) is 1. The third kappa shape index (κ3) is 2.12. The fourth-order valence-electron chi connectivity index (χ4n) is 1.05. The number of methoxy groups -OCH3 is 1. The van der Waals surface area contributed by atoms with Crippen LogP contribution >= 0.6 is 0 Å². The van der Waals surface area contributed by atoms with Gasteiger partial charge in [-0.3, -0.25) is 0 Å². The van der Waals surface area contributed by atoms with Gasteiger partial charge < -0.3 is 9.84 Å². The van der Waals surface area contributed by atoms with Crippen molar-refractivity contribution in [1.82, 2.24) is 0 Å². The number of esters is 1. The van der Waals surface area contributed by atoms with E-state index < -0.39 is 12.1 Å². The van der Waals surface area contributed by atoms with Crippen LogP contribution in [-0.4, -0.2) is 18.2 Å². The van der Waals surface area contributed by atoms with Crippen LogP contribution in [0.1, 0.15) is 17.2 Å². The first-order chi connectivity index (χ1) is 6.69. The maximum Gasteiger partial charge on any atom is 0.339 e. The van der Waals surface area contributed by atoms with Crippen LogP contribution in [0, 0.1) is 12.3 Å². The van der Waals surface area contributed by atoms with Gasteiger partial charge in [-0.25, -0.2) is 4.79 Å². The first kappa shape index (κ1) is 10.3. The first-order valence-corrected chi connectivity index (χ1v) is 4.01. The molecule has 1 aromatic carbocycles. The molecule has 14 heavy (non-hydrogen) atoms. The molecule has 1 N–H and O–H groups in total. The summed E-state index contributed by atoms with van der Waals surface area (Å²) in [6.45, 7) is 0. The van der Waals surface area contributed by atoms with Crippen LogP contribution in [0.5, 0.6) is 0 Å². The van der Waals surface area contributed by atoms with Gasteiger partial charge in [0.15, 0.2) is 6.10 Å². The number of hydrogen-bond acceptors (Lipinski definition) is 3. The number of aliphatic hydroxyl groups excluding tert-OH is 1. The highest BCUT2D eigenvalue weighted by molar-refractivity contribution is 5.76. The summed E-state index contributed by atoms with van der Waals surface area (Å²) in [6, 6.07) is 6.58. The van der Waals surface area contributed by atoms with E-state index in [9.17, 15) is 9.90 Å². The van der Waals surface area contributed by atoms with Gasteiger partial charge in [0, 0.05) is 5.56 Å². The van der Waals surface area contributed by atoms with E-state index in [1.807, 2.05) is 0 Å². The van der Waals surface area contributed by atoms with Crippen molar-refractivity contribution < 1.29 is 14.6 Å². The van der Waals surface area contributed by atoms with E-state index in [4.69, 9.17) is 6.42 Å². The third-order valence-electron chi connectivity index (χ3n) is 1.79. The zero-order valence-electron chi connectivity index (χ0n) is 7.73. The Morgan fingerprint density at radius 3 is 2.93 bits per heavy atom. The summed E-state index contributed by atoms with van der Waals surface area (Å²) in [4.78, 5) is 11.0. The van der Waals surface area contributed by atoms with E-state index in [1.54, 1.807) is 24.3 Å². The van der Waals surface area contributed by atoms with Crippen LogP contribution in [0.3, 0.4) is 0 Å². The van der Waals surface area contributed by atoms with Crippen LogP contribution in [-0.2, 0) is 9.53 Å². The highest BCUT2D eigenvalue weighted by Crippen LogP contribution is 2.15. The number of rotatable bonds is 2. The molecule has 0 amide bonds. The number of carbonyl (C=O) groups is 1. The fourth-order valence-corrected chi connectivity index (χ4v) is 1.05. The standard InChI is InChI=1S/C11H10O3/c1-3-8-5-4-6-9(7-8)10(12)11(13)14-2/h1,4-7,10,12H,2H3. The van der Waals surface area contributed by atoms with E-state index >= 15 is 0 Å². The lowest BCUT2D eigenvalue weighted by Gasteiger charge is -2.08. The molecule has 0 saturated heterocycles. The van der Waals surface area contributed by atoms with Crippen molar-refractivity contribution in [2.45, 2.75) is 6.10 Å². The minimum Gasteiger partial charge on any atom is -0.467 e. The molecule has 0 spiro atoms. The Bertz CT molecular complexity index is 376. The number of ether oxygens (including phenoxy) is 1. The zero-order chi connectivity index (χ0) is 10.6. The van der Waals surface area contributed by atoms with Crippen molar-refractivity contribution >= 4 is 5.97 Å². The number of carbonyl (C=O) groups excluding carboxylic acids is 1. The van der Waals surface area contributed by atoms with E-state index in [1.165, 1.54) is 7.11 Å². The molecule has 0 heterocycles. The second-order valence-electron chi connectivity index (χ2n) is 2.70. The molecule has 1 unspecified atom stereocenters. The maximum absolute atomic E-state index is 11.0. The zero-order valence-corrected chi connectivity index (χ0v) is 7.73. The van der Waals surface area contributed by atoms with Gasteiger partial charge in [-0.2, -0.15) is 0 Å². The number of terminal acetylenes is 1. The summed E-state index contributed by atoms with van der Waals surface area (Å²) >= 11 is 0. The summed E-state index contributed by atoms with van der Waals surface area (Å²) in [7, 11) is 1.22. The normalized spacial score (nSPS) is 11.5. The average molecular weight is 190 g/mol. The van der Waals surface area contributed by atoms with E-state index in [0.717, 1.165) is 0 Å². The smallest absolute Gasteiger partial charge is 0.339 e. The first-order valence-electron chi connectivity index (χ1n) is 4.01. The SMILES string of the molecule is C#Cc1cccc(C(O)C(=O)OC)c1. The molecule has 1 atom stereocenters. The number of aliphatic hydroxyl groups is 1. The Labute approximate surface area is 82.3 Å². The Balaban J connectivity index is 2.96. The van der Waals surface area contributed by atoms with Crippen LogP contribution in [0.15, 0.2) is 24.3 Å². The topological polar surface area (TPSA) is 46.5 Å². The van der Waals surface area contributed by atoms with Gasteiger partial charge in [0.25, 0.3) is 0 Å². The van der Waals surface area contributed by atoms with Crippen molar-refractivity contribution in [3.8, 4) is 12.3 Å². The van der Waals surface area contributed by atoms with E-state index in [0.29, 0.717) is 11.1 Å². The van der Waals surface area contributed by atoms with Crippen LogP contribution in [0.4, 0.5) is 0 Å². The molecule has 3 heteroatoms. The van der Waals surface area contributed by atoms with Crippen molar-refractivity contribution in [1.29, 1.82) is 0 Å². The quantitative estimate of drug-likeness (QED) is 0.556. The van der Waals surface area contributed by atoms with E-state index in [2.05, 4.69) is 10.7 Å². The Hall–Kier alpha value is -1.79. The van der Waals surface area contributed by atoms with Crippen molar-refractivity contribution in [3.05, 3.63) is 35.4 Å². The van der Waals surface area contributed by atoms with Gasteiger partial charge in [0.2, 0.25) is 0 Å². The summed E-state index contributed by atoms with van der Waals surface area (Å²) in [5.74, 6) is 1.72. The van der Waals surface area contributed by atoms with Crippen molar-refractivity contribution in [2.24, 2.45) is 0 Å². The molecule has 1 aromatic rings. The Kier molecular flexibility index (Phi) is 3.27. The van der Waals surface area contributed by atoms with Gasteiger partial charge in [0.05, 0.1) is 7.11 Å². The van der Waals surface area contributed by atoms with Crippen molar-refractivity contribution in [3.63, 3.8) is 0 Å². The van der Waals surface area contributed by atoms with Crippen LogP contribution in [0.2, 0.25) is 0 Å². The highest BCUT2D eigenvalue weighted by Gasteiger charge is 2.17. The van der Waals surface area contributed by atoms with Gasteiger partial charge >= 0.3 is 5.97 Å². The molecular formula is C11H10O3. The van der Waals surface area contributed by atoms with Gasteiger partial charge in [-0.1, -0.05) is 18.1 Å². The molecule has 0 radical (unpaired) electrons. The molecule has 0 fully saturated rings. The predicted octanol–water partition coefficient (Wildman–Crippen LogP) is 0.874. The average Bonchev–Trinajstić information content (AvgIpc) is 2.27. The third-order valence-corrected chi connectivity index (χ3v) is 1.79. The molecule has 0 aliphatic rings. The summed E-state index contributed by atoms with van der Waals surface area (Å²) in [5, 5.41) is 9.47. The van der Waals surface area contributed by atoms with Crippen LogP contribution < -0.4 is 0 Å². The molecule has 1 rings (SSSR count). The van der Waals surface area contributed by atoms with Gasteiger partial charge in [-0.05, 0) is 17.7 Å². The second-order valence-corrected chi connectivity index (χ2v) is 2.70. The maximum atomic E-state index is 11.0. The van der Waals surface area contributed by atoms with Crippen molar-refractivity contribution in [2.75, 3.05) is 7.11 Å². The molecular weight excluding hydrogens is 180 g/mol. The van der Waals surface area contributed by atoms with Gasteiger partial charge in [0.1, 0.15) is 0 Å². The molecule has 3 nitrogen and oxygen atoms in total. The molecule has 0 aliphatic carbocycles. The summed E-state index contributed by atoms with van der Waals surface area (Å²) in [6.07, 6.45) is 3.91. The molecule has 0 aromatic heterocycles.